The summed E-state index contributed by atoms with van der Waals surface area (Å²) in [4.78, 5) is 13.0. The summed E-state index contributed by atoms with van der Waals surface area (Å²) in [7, 11) is 0. The first-order valence-electron chi connectivity index (χ1n) is 8.61. The van der Waals surface area contributed by atoms with E-state index in [2.05, 4.69) is 5.32 Å². The predicted octanol–water partition coefficient (Wildman–Crippen LogP) is 6.52. The average molecular weight is 430 g/mol. The van der Waals surface area contributed by atoms with Crippen LogP contribution in [0.25, 0.3) is 16.6 Å². The minimum Gasteiger partial charge on any atom is -0.347 e. The zero-order valence-corrected chi connectivity index (χ0v) is 16.9. The van der Waals surface area contributed by atoms with Gasteiger partial charge < -0.3 is 9.88 Å². The molecule has 3 nitrogen and oxygen atoms in total. The average Bonchev–Trinajstić information content (AvgIpc) is 3.05. The third-order valence-electron chi connectivity index (χ3n) is 4.39. The molecule has 1 aromatic heterocycles. The Balaban J connectivity index is 1.71. The van der Waals surface area contributed by atoms with E-state index in [4.69, 9.17) is 34.8 Å². The zero-order valence-electron chi connectivity index (χ0n) is 14.6. The van der Waals surface area contributed by atoms with Gasteiger partial charge in [-0.3, -0.25) is 4.79 Å². The zero-order chi connectivity index (χ0) is 19.7. The number of carbonyl (C=O) groups is 1. The van der Waals surface area contributed by atoms with Crippen molar-refractivity contribution in [3.8, 4) is 5.69 Å². The van der Waals surface area contributed by atoms with Crippen molar-refractivity contribution in [2.24, 2.45) is 0 Å². The molecule has 0 radical (unpaired) electrons. The second kappa shape index (κ2) is 7.88. The Hall–Kier alpha value is -2.46. The number of aromatic nitrogens is 1. The molecule has 140 valence electrons. The summed E-state index contributed by atoms with van der Waals surface area (Å²) in [6.45, 7) is 0.316. The van der Waals surface area contributed by atoms with Crippen LogP contribution in [-0.4, -0.2) is 10.5 Å². The molecule has 0 aliphatic heterocycles. The third-order valence-corrected chi connectivity index (χ3v) is 5.06. The summed E-state index contributed by atoms with van der Waals surface area (Å²) in [6, 6.07) is 22.4. The second-order valence-corrected chi connectivity index (χ2v) is 7.67. The van der Waals surface area contributed by atoms with Gasteiger partial charge in [0.05, 0.1) is 5.52 Å². The van der Waals surface area contributed by atoms with Crippen molar-refractivity contribution >= 4 is 51.6 Å². The van der Waals surface area contributed by atoms with E-state index in [1.165, 1.54) is 0 Å². The summed E-state index contributed by atoms with van der Waals surface area (Å²) >= 11 is 18.3. The van der Waals surface area contributed by atoms with Crippen molar-refractivity contribution in [1.29, 1.82) is 0 Å². The van der Waals surface area contributed by atoms with Gasteiger partial charge in [0.25, 0.3) is 5.91 Å². The maximum atomic E-state index is 13.0. The fraction of sp³-hybridized carbons (Fsp3) is 0.0455. The van der Waals surface area contributed by atoms with Crippen molar-refractivity contribution in [1.82, 2.24) is 9.88 Å². The minimum atomic E-state index is -0.202. The Morgan fingerprint density at radius 3 is 2.32 bits per heavy atom. The molecule has 4 rings (SSSR count). The lowest BCUT2D eigenvalue weighted by atomic mass is 10.2. The van der Waals surface area contributed by atoms with Gasteiger partial charge >= 0.3 is 0 Å². The van der Waals surface area contributed by atoms with Crippen LogP contribution in [0.2, 0.25) is 15.1 Å². The molecular weight excluding hydrogens is 415 g/mol. The molecule has 28 heavy (non-hydrogen) atoms. The van der Waals surface area contributed by atoms with Gasteiger partial charge in [-0.15, -0.1) is 0 Å². The van der Waals surface area contributed by atoms with Crippen molar-refractivity contribution < 1.29 is 4.79 Å². The van der Waals surface area contributed by atoms with E-state index in [0.717, 1.165) is 22.2 Å². The molecule has 0 aliphatic carbocycles. The summed E-state index contributed by atoms with van der Waals surface area (Å²) in [6.07, 6.45) is 0. The van der Waals surface area contributed by atoms with E-state index in [0.29, 0.717) is 27.3 Å². The van der Waals surface area contributed by atoms with E-state index in [-0.39, 0.29) is 5.91 Å². The molecule has 0 aliphatic rings. The van der Waals surface area contributed by atoms with Gasteiger partial charge in [-0.05, 0) is 54.1 Å². The Kier molecular flexibility index (Phi) is 5.31. The summed E-state index contributed by atoms with van der Waals surface area (Å²) < 4.78 is 1.90. The lowest BCUT2D eigenvalue weighted by Crippen LogP contribution is -2.25. The van der Waals surface area contributed by atoms with Gasteiger partial charge in [0.1, 0.15) is 5.69 Å². The largest absolute Gasteiger partial charge is 0.347 e. The van der Waals surface area contributed by atoms with Crippen molar-refractivity contribution in [3.63, 3.8) is 0 Å². The van der Waals surface area contributed by atoms with Crippen LogP contribution in [0.15, 0.2) is 72.8 Å². The molecule has 0 unspecified atom stereocenters. The van der Waals surface area contributed by atoms with E-state index < -0.39 is 0 Å². The van der Waals surface area contributed by atoms with E-state index >= 15 is 0 Å². The topological polar surface area (TPSA) is 34.0 Å². The number of rotatable bonds is 4. The van der Waals surface area contributed by atoms with Gasteiger partial charge in [0.15, 0.2) is 0 Å². The summed E-state index contributed by atoms with van der Waals surface area (Å²) in [5.74, 6) is -0.202. The number of carbonyl (C=O) groups excluding carboxylic acids is 1. The number of nitrogens with one attached hydrogen (secondary N) is 1. The SMILES string of the molecule is O=C(NCc1cc(Cl)cc(Cl)c1)c1cc2ccccc2n1-c1cccc(Cl)c1. The maximum Gasteiger partial charge on any atom is 0.268 e. The first-order valence-corrected chi connectivity index (χ1v) is 9.74. The number of hydrogen-bond donors (Lipinski definition) is 1. The van der Waals surface area contributed by atoms with E-state index in [1.807, 2.05) is 53.1 Å². The van der Waals surface area contributed by atoms with Crippen LogP contribution in [0.3, 0.4) is 0 Å². The lowest BCUT2D eigenvalue weighted by molar-refractivity contribution is 0.0944. The van der Waals surface area contributed by atoms with Gasteiger partial charge in [-0.2, -0.15) is 0 Å². The lowest BCUT2D eigenvalue weighted by Gasteiger charge is -2.12. The van der Waals surface area contributed by atoms with Crippen LogP contribution in [0.1, 0.15) is 16.1 Å². The molecule has 4 aromatic rings. The van der Waals surface area contributed by atoms with Crippen molar-refractivity contribution in [2.45, 2.75) is 6.54 Å². The van der Waals surface area contributed by atoms with Crippen molar-refractivity contribution in [3.05, 3.63) is 99.1 Å². The molecule has 0 saturated carbocycles. The molecule has 0 saturated heterocycles. The monoisotopic (exact) mass is 428 g/mol. The fourth-order valence-corrected chi connectivity index (χ4v) is 3.96. The van der Waals surface area contributed by atoms with Gasteiger partial charge in [-0.1, -0.05) is 59.1 Å². The van der Waals surface area contributed by atoms with Crippen LogP contribution in [0.5, 0.6) is 0 Å². The number of hydrogen-bond acceptors (Lipinski definition) is 1. The smallest absolute Gasteiger partial charge is 0.268 e. The molecule has 3 aromatic carbocycles. The highest BCUT2D eigenvalue weighted by Gasteiger charge is 2.17. The Bertz CT molecular complexity index is 1160. The van der Waals surface area contributed by atoms with Crippen LogP contribution in [0, 0.1) is 0 Å². The van der Waals surface area contributed by atoms with Crippen LogP contribution >= 0.6 is 34.8 Å². The normalized spacial score (nSPS) is 11.0. The molecule has 0 spiro atoms. The molecule has 1 N–H and O–H groups in total. The van der Waals surface area contributed by atoms with E-state index in [9.17, 15) is 4.79 Å². The quantitative estimate of drug-likeness (QED) is 0.393. The molecule has 0 bridgehead atoms. The Morgan fingerprint density at radius 1 is 0.821 bits per heavy atom. The highest BCUT2D eigenvalue weighted by molar-refractivity contribution is 6.34. The van der Waals surface area contributed by atoms with Gasteiger partial charge in [0, 0.05) is 32.7 Å². The molecule has 6 heteroatoms. The maximum absolute atomic E-state index is 13.0. The van der Waals surface area contributed by atoms with Crippen LogP contribution in [0.4, 0.5) is 0 Å². The third kappa shape index (κ3) is 3.88. The molecule has 1 amide bonds. The van der Waals surface area contributed by atoms with E-state index in [1.54, 1.807) is 24.3 Å². The van der Waals surface area contributed by atoms with Gasteiger partial charge in [0.2, 0.25) is 0 Å². The summed E-state index contributed by atoms with van der Waals surface area (Å²) in [5.41, 5.74) is 3.11. The standard InChI is InChI=1S/C22H15Cl3N2O/c23-16-5-3-6-19(12-16)27-20-7-2-1-4-15(20)10-21(27)22(28)26-13-14-8-17(24)11-18(25)9-14/h1-12H,13H2,(H,26,28). The number of nitrogens with zero attached hydrogens (tertiary/aromatic N) is 1. The van der Waals surface area contributed by atoms with Crippen molar-refractivity contribution in [2.75, 3.05) is 0 Å². The number of benzene rings is 3. The second-order valence-electron chi connectivity index (χ2n) is 6.36. The molecule has 0 fully saturated rings. The Morgan fingerprint density at radius 2 is 1.57 bits per heavy atom. The predicted molar refractivity (Wildman–Crippen MR) is 116 cm³/mol. The highest BCUT2D eigenvalue weighted by Crippen LogP contribution is 2.26. The van der Waals surface area contributed by atoms with Crippen LogP contribution < -0.4 is 5.32 Å². The van der Waals surface area contributed by atoms with Crippen LogP contribution in [-0.2, 0) is 6.54 Å². The highest BCUT2D eigenvalue weighted by atomic mass is 35.5. The number of fused-ring (bicyclic) bond motifs is 1. The Labute approximate surface area is 177 Å². The first kappa shape index (κ1) is 18.9. The summed E-state index contributed by atoms with van der Waals surface area (Å²) in [5, 5.41) is 5.59. The fourth-order valence-electron chi connectivity index (χ4n) is 3.20. The molecular formula is C22H15Cl3N2O. The number of amides is 1. The number of para-hydroxylation sites is 1. The molecule has 0 atom stereocenters. The number of halogens is 3. The molecule has 1 heterocycles. The van der Waals surface area contributed by atoms with Gasteiger partial charge in [-0.25, -0.2) is 0 Å². The minimum absolute atomic E-state index is 0.202. The first-order chi connectivity index (χ1) is 13.5.